The molecule has 0 aliphatic carbocycles. The molecule has 4 nitrogen and oxygen atoms in total. The second-order valence-electron chi connectivity index (χ2n) is 3.26. The van der Waals surface area contributed by atoms with Gasteiger partial charge in [-0.2, -0.15) is 13.2 Å². The van der Waals surface area contributed by atoms with Crippen LogP contribution < -0.4 is 5.32 Å². The van der Waals surface area contributed by atoms with Gasteiger partial charge in [0, 0.05) is 5.38 Å². The van der Waals surface area contributed by atoms with Crippen molar-refractivity contribution in [1.82, 2.24) is 4.98 Å². The highest BCUT2D eigenvalue weighted by atomic mass is 32.1. The van der Waals surface area contributed by atoms with E-state index in [1.54, 1.807) is 12.3 Å². The first-order valence-corrected chi connectivity index (χ1v) is 5.61. The van der Waals surface area contributed by atoms with Gasteiger partial charge < -0.3 is 10.1 Å². The fourth-order valence-corrected chi connectivity index (χ4v) is 1.65. The fraction of sp³-hybridized carbons (Fsp3) is 0.556. The molecule has 0 saturated heterocycles. The number of hydrogen-bond donors (Lipinski definition) is 1. The largest absolute Gasteiger partial charge is 0.411 e. The van der Waals surface area contributed by atoms with Gasteiger partial charge in [0.1, 0.15) is 6.61 Å². The third-order valence-electron chi connectivity index (χ3n) is 1.60. The van der Waals surface area contributed by atoms with Gasteiger partial charge in [-0.1, -0.05) is 0 Å². The Hall–Kier alpha value is -1.15. The van der Waals surface area contributed by atoms with Crippen molar-refractivity contribution in [3.05, 3.63) is 11.1 Å². The molecule has 0 aliphatic rings. The minimum absolute atomic E-state index is 0.130. The number of carbonyl (C=O) groups is 1. The van der Waals surface area contributed by atoms with Crippen molar-refractivity contribution in [3.8, 4) is 0 Å². The molecule has 0 aliphatic heterocycles. The first kappa shape index (κ1) is 13.9. The third kappa shape index (κ3) is 6.22. The van der Waals surface area contributed by atoms with Crippen LogP contribution in [0.25, 0.3) is 0 Å². The van der Waals surface area contributed by atoms with Crippen LogP contribution in [-0.4, -0.2) is 30.3 Å². The summed E-state index contributed by atoms with van der Waals surface area (Å²) in [7, 11) is 0. The number of carbonyl (C=O) groups excluding carboxylic acids is 1. The fourth-order valence-electron chi connectivity index (χ4n) is 0.946. The van der Waals surface area contributed by atoms with Crippen LogP contribution in [0.1, 0.15) is 12.1 Å². The summed E-state index contributed by atoms with van der Waals surface area (Å²) >= 11 is 1.26. The molecule has 17 heavy (non-hydrogen) atoms. The zero-order valence-corrected chi connectivity index (χ0v) is 9.82. The van der Waals surface area contributed by atoms with Crippen LogP contribution in [0.4, 0.5) is 18.3 Å². The van der Waals surface area contributed by atoms with E-state index in [0.29, 0.717) is 5.13 Å². The van der Waals surface area contributed by atoms with Gasteiger partial charge in [-0.25, -0.2) is 4.98 Å². The maximum atomic E-state index is 11.7. The number of thiazole rings is 1. The van der Waals surface area contributed by atoms with E-state index in [4.69, 9.17) is 0 Å². The predicted octanol–water partition coefficient (Wildman–Crippen LogP) is 2.36. The van der Waals surface area contributed by atoms with E-state index in [-0.39, 0.29) is 13.0 Å². The number of nitrogens with zero attached hydrogens (tertiary/aromatic N) is 1. The van der Waals surface area contributed by atoms with Crippen LogP contribution in [0, 0.1) is 6.92 Å². The first-order valence-electron chi connectivity index (χ1n) is 4.73. The van der Waals surface area contributed by atoms with Gasteiger partial charge in [-0.05, 0) is 6.92 Å². The Morgan fingerprint density at radius 3 is 2.82 bits per heavy atom. The number of aryl methyl sites for hydroxylation is 1. The summed E-state index contributed by atoms with van der Waals surface area (Å²) < 4.78 is 39.4. The summed E-state index contributed by atoms with van der Waals surface area (Å²) in [5.74, 6) is -0.415. The summed E-state index contributed by atoms with van der Waals surface area (Å²) in [6.07, 6.45) is -4.49. The number of rotatable bonds is 5. The molecule has 0 atom stereocenters. The van der Waals surface area contributed by atoms with Crippen molar-refractivity contribution in [3.63, 3.8) is 0 Å². The summed E-state index contributed by atoms with van der Waals surface area (Å²) in [6, 6.07) is 0. The lowest BCUT2D eigenvalue weighted by atomic mass is 10.4. The Morgan fingerprint density at radius 2 is 2.29 bits per heavy atom. The van der Waals surface area contributed by atoms with Crippen molar-refractivity contribution in [2.24, 2.45) is 0 Å². The first-order chi connectivity index (χ1) is 7.87. The highest BCUT2D eigenvalue weighted by Gasteiger charge is 2.27. The van der Waals surface area contributed by atoms with E-state index in [1.807, 2.05) is 0 Å². The molecule has 96 valence electrons. The molecule has 0 saturated carbocycles. The molecule has 1 heterocycles. The third-order valence-corrected chi connectivity index (χ3v) is 2.48. The van der Waals surface area contributed by atoms with Crippen LogP contribution in [0.15, 0.2) is 5.38 Å². The molecule has 1 amide bonds. The quantitative estimate of drug-likeness (QED) is 0.834. The van der Waals surface area contributed by atoms with Crippen LogP contribution in [0.5, 0.6) is 0 Å². The van der Waals surface area contributed by atoms with E-state index in [0.717, 1.165) is 5.69 Å². The summed E-state index contributed by atoms with van der Waals surface area (Å²) in [4.78, 5) is 15.2. The predicted molar refractivity (Wildman–Crippen MR) is 57.0 cm³/mol. The summed E-state index contributed by atoms with van der Waals surface area (Å²) in [5, 5.41) is 4.66. The van der Waals surface area contributed by atoms with Gasteiger partial charge in [0.05, 0.1) is 18.7 Å². The maximum Gasteiger partial charge on any atom is 0.411 e. The average Bonchev–Trinajstić information content (AvgIpc) is 2.57. The smallest absolute Gasteiger partial charge is 0.372 e. The molecular weight excluding hydrogens is 257 g/mol. The zero-order chi connectivity index (χ0) is 12.9. The molecule has 0 aromatic carbocycles. The summed E-state index contributed by atoms with van der Waals surface area (Å²) in [6.45, 7) is 0.172. The van der Waals surface area contributed by atoms with Crippen LogP contribution in [0.2, 0.25) is 0 Å². The SMILES string of the molecule is Cc1csc(NC(=O)CCOCC(F)(F)F)n1. The molecule has 8 heteroatoms. The van der Waals surface area contributed by atoms with Gasteiger partial charge in [-0.15, -0.1) is 11.3 Å². The van der Waals surface area contributed by atoms with Crippen LogP contribution in [-0.2, 0) is 9.53 Å². The number of ether oxygens (including phenoxy) is 1. The molecular formula is C9H11F3N2O2S. The monoisotopic (exact) mass is 268 g/mol. The molecule has 0 unspecified atom stereocenters. The number of amides is 1. The van der Waals surface area contributed by atoms with E-state index in [2.05, 4.69) is 15.0 Å². The van der Waals surface area contributed by atoms with E-state index < -0.39 is 18.7 Å². The van der Waals surface area contributed by atoms with Crippen molar-refractivity contribution >= 4 is 22.4 Å². The zero-order valence-electron chi connectivity index (χ0n) is 9.00. The van der Waals surface area contributed by atoms with Crippen molar-refractivity contribution in [2.45, 2.75) is 19.5 Å². The Balaban J connectivity index is 2.18. The number of nitrogens with one attached hydrogen (secondary N) is 1. The summed E-state index contributed by atoms with van der Waals surface area (Å²) in [5.41, 5.74) is 0.777. The highest BCUT2D eigenvalue weighted by molar-refractivity contribution is 7.13. The molecule has 0 fully saturated rings. The number of halogens is 3. The topological polar surface area (TPSA) is 51.2 Å². The molecule has 0 spiro atoms. The molecule has 1 aromatic rings. The Bertz CT molecular complexity index is 379. The normalized spacial score (nSPS) is 11.5. The van der Waals surface area contributed by atoms with E-state index >= 15 is 0 Å². The lowest BCUT2D eigenvalue weighted by Gasteiger charge is -2.07. The molecule has 1 N–H and O–H groups in total. The lowest BCUT2D eigenvalue weighted by molar-refractivity contribution is -0.174. The van der Waals surface area contributed by atoms with Crippen molar-refractivity contribution in [2.75, 3.05) is 18.5 Å². The van der Waals surface area contributed by atoms with Crippen molar-refractivity contribution in [1.29, 1.82) is 0 Å². The van der Waals surface area contributed by atoms with E-state index in [9.17, 15) is 18.0 Å². The van der Waals surface area contributed by atoms with Crippen LogP contribution >= 0.6 is 11.3 Å². The van der Waals surface area contributed by atoms with Crippen LogP contribution in [0.3, 0.4) is 0 Å². The number of alkyl halides is 3. The number of hydrogen-bond acceptors (Lipinski definition) is 4. The average molecular weight is 268 g/mol. The van der Waals surface area contributed by atoms with Gasteiger partial charge >= 0.3 is 6.18 Å². The van der Waals surface area contributed by atoms with Crippen molar-refractivity contribution < 1.29 is 22.7 Å². The second-order valence-corrected chi connectivity index (χ2v) is 4.12. The maximum absolute atomic E-state index is 11.7. The van der Waals surface area contributed by atoms with Gasteiger partial charge in [0.25, 0.3) is 0 Å². The number of aromatic nitrogens is 1. The minimum Gasteiger partial charge on any atom is -0.372 e. The molecule has 0 bridgehead atoms. The molecule has 0 radical (unpaired) electrons. The Labute approximate surface area is 99.8 Å². The van der Waals surface area contributed by atoms with E-state index in [1.165, 1.54) is 11.3 Å². The highest BCUT2D eigenvalue weighted by Crippen LogP contribution is 2.15. The van der Waals surface area contributed by atoms with Gasteiger partial charge in [0.15, 0.2) is 5.13 Å². The Morgan fingerprint density at radius 1 is 1.59 bits per heavy atom. The Kier molecular flexibility index (Phi) is 4.88. The second kappa shape index (κ2) is 5.97. The van der Waals surface area contributed by atoms with Gasteiger partial charge in [-0.3, -0.25) is 4.79 Å². The standard InChI is InChI=1S/C9H11F3N2O2S/c1-6-4-17-8(13-6)14-7(15)2-3-16-5-9(10,11)12/h4H,2-3,5H2,1H3,(H,13,14,15). The molecule has 1 aromatic heterocycles. The lowest BCUT2D eigenvalue weighted by Crippen LogP contribution is -2.20. The minimum atomic E-state index is -4.36. The molecule has 1 rings (SSSR count). The van der Waals surface area contributed by atoms with Gasteiger partial charge in [0.2, 0.25) is 5.91 Å². The number of anilines is 1.